The van der Waals surface area contributed by atoms with Crippen LogP contribution in [0.4, 0.5) is 11.4 Å². The zero-order chi connectivity index (χ0) is 43.2. The predicted molar refractivity (Wildman–Crippen MR) is 238 cm³/mol. The second-order valence-electron chi connectivity index (χ2n) is 18.1. The molecule has 2 aromatic heterocycles. The van der Waals surface area contributed by atoms with Gasteiger partial charge in [0.05, 0.1) is 46.6 Å². The number of likely N-dealkylation sites (tertiary alicyclic amines) is 2. The van der Waals surface area contributed by atoms with Crippen molar-refractivity contribution in [1.29, 1.82) is 0 Å². The van der Waals surface area contributed by atoms with Crippen LogP contribution < -0.4 is 15.5 Å². The molecule has 5 amide bonds. The molecule has 7 heterocycles. The average Bonchev–Trinajstić information content (AvgIpc) is 4.10. The fourth-order valence-corrected chi connectivity index (χ4v) is 10.3. The molecule has 63 heavy (non-hydrogen) atoms. The number of nitrogens with one attached hydrogen (secondary N) is 3. The lowest BCUT2D eigenvalue weighted by Gasteiger charge is -2.36. The lowest BCUT2D eigenvalue weighted by Crippen LogP contribution is -2.54. The van der Waals surface area contributed by atoms with Gasteiger partial charge in [-0.25, -0.2) is 4.98 Å². The summed E-state index contributed by atoms with van der Waals surface area (Å²) in [5, 5.41) is 10.1. The highest BCUT2D eigenvalue weighted by Crippen LogP contribution is 2.37. The van der Waals surface area contributed by atoms with Crippen LogP contribution in [0.1, 0.15) is 108 Å². The molecule has 5 aromatic rings. The maximum atomic E-state index is 13.6. The van der Waals surface area contributed by atoms with Crippen LogP contribution >= 0.6 is 0 Å². The maximum Gasteiger partial charge on any atom is 0.264 e. The van der Waals surface area contributed by atoms with Gasteiger partial charge in [-0.1, -0.05) is 18.2 Å². The second-order valence-corrected chi connectivity index (χ2v) is 18.1. The first kappa shape index (κ1) is 40.9. The number of H-pyrrole nitrogens is 1. The highest BCUT2D eigenvalue weighted by Gasteiger charge is 2.46. The van der Waals surface area contributed by atoms with Crippen molar-refractivity contribution in [2.75, 3.05) is 49.5 Å². The van der Waals surface area contributed by atoms with Crippen LogP contribution in [0.2, 0.25) is 0 Å². The number of carbonyl (C=O) groups is 5. The van der Waals surface area contributed by atoms with Crippen molar-refractivity contribution < 1.29 is 24.0 Å². The van der Waals surface area contributed by atoms with Gasteiger partial charge in [0.2, 0.25) is 11.8 Å². The number of hydrogen-bond donors (Lipinski definition) is 3. The molecule has 3 N–H and O–H groups in total. The highest BCUT2D eigenvalue weighted by molar-refractivity contribution is 6.25. The highest BCUT2D eigenvalue weighted by atomic mass is 16.2. The largest absolute Gasteiger partial charge is 0.371 e. The number of amides is 5. The van der Waals surface area contributed by atoms with E-state index in [-0.39, 0.29) is 24.7 Å². The van der Waals surface area contributed by atoms with Crippen LogP contribution in [-0.4, -0.2) is 115 Å². The number of imidazole rings is 1. The van der Waals surface area contributed by atoms with E-state index in [2.05, 4.69) is 48.1 Å². The van der Waals surface area contributed by atoms with Crippen molar-refractivity contribution in [2.45, 2.75) is 89.4 Å². The third kappa shape index (κ3) is 8.27. The lowest BCUT2D eigenvalue weighted by molar-refractivity contribution is -0.136. The molecule has 3 aromatic carbocycles. The molecule has 15 nitrogen and oxygen atoms in total. The first-order valence-corrected chi connectivity index (χ1v) is 22.7. The summed E-state index contributed by atoms with van der Waals surface area (Å²) in [7, 11) is 0. The van der Waals surface area contributed by atoms with Gasteiger partial charge < -0.3 is 20.1 Å². The summed E-state index contributed by atoms with van der Waals surface area (Å²) >= 11 is 0. The number of nitrogens with zero attached hydrogens (tertiary/aromatic N) is 7. The molecule has 1 unspecified atom stereocenters. The SMILES string of the molecule is C[C@H]1CCCN1Cc1nc2ccc(NC(=O)c3ccc(-c4cnn(C5CCN(CCC6CCN(c7cccc8c7C(=O)N(C7CCC(=O)NC7=O)C8=O)CC6)CC5)c4)cc3)cc2[nH]1. The van der Waals surface area contributed by atoms with Gasteiger partial charge in [-0.3, -0.25) is 43.8 Å². The number of rotatable bonds is 11. The van der Waals surface area contributed by atoms with E-state index in [4.69, 9.17) is 10.1 Å². The number of carbonyl (C=O) groups excluding carboxylic acids is 5. The Morgan fingerprint density at radius 1 is 0.857 bits per heavy atom. The zero-order valence-corrected chi connectivity index (χ0v) is 35.7. The predicted octanol–water partition coefficient (Wildman–Crippen LogP) is 6.01. The van der Waals surface area contributed by atoms with Crippen LogP contribution in [0.15, 0.2) is 73.1 Å². The van der Waals surface area contributed by atoms with Gasteiger partial charge in [0.1, 0.15) is 11.9 Å². The number of hydrogen-bond acceptors (Lipinski definition) is 10. The first-order valence-electron chi connectivity index (χ1n) is 22.7. The zero-order valence-electron chi connectivity index (χ0n) is 35.7. The summed E-state index contributed by atoms with van der Waals surface area (Å²) in [6.07, 6.45) is 11.9. The van der Waals surface area contributed by atoms with Crippen molar-refractivity contribution in [1.82, 2.24) is 39.8 Å². The van der Waals surface area contributed by atoms with Crippen molar-refractivity contribution in [3.63, 3.8) is 0 Å². The van der Waals surface area contributed by atoms with Gasteiger partial charge in [-0.2, -0.15) is 5.10 Å². The number of anilines is 2. The summed E-state index contributed by atoms with van der Waals surface area (Å²) < 4.78 is 2.11. The van der Waals surface area contributed by atoms with Gasteiger partial charge >= 0.3 is 0 Å². The number of aromatic nitrogens is 4. The first-order chi connectivity index (χ1) is 30.6. The van der Waals surface area contributed by atoms with Crippen molar-refractivity contribution >= 4 is 51.9 Å². The Morgan fingerprint density at radius 2 is 1.67 bits per heavy atom. The second kappa shape index (κ2) is 17.2. The van der Waals surface area contributed by atoms with Gasteiger partial charge in [0, 0.05) is 61.7 Å². The normalized spacial score (nSPS) is 21.7. The molecule has 5 aliphatic heterocycles. The van der Waals surface area contributed by atoms with Gasteiger partial charge in [-0.05, 0) is 125 Å². The van der Waals surface area contributed by atoms with E-state index in [1.54, 1.807) is 6.07 Å². The fraction of sp³-hybridized carbons (Fsp3) is 0.438. The Hall–Kier alpha value is -6.19. The smallest absolute Gasteiger partial charge is 0.264 e. The third-order valence-corrected chi connectivity index (χ3v) is 14.1. The monoisotopic (exact) mass is 850 g/mol. The molecule has 10 rings (SSSR count). The molecule has 4 fully saturated rings. The Bertz CT molecular complexity index is 2570. The molecular weight excluding hydrogens is 797 g/mol. The van der Waals surface area contributed by atoms with Crippen LogP contribution in [-0.2, 0) is 16.1 Å². The minimum Gasteiger partial charge on any atom is -0.371 e. The number of aromatic amines is 1. The minimum absolute atomic E-state index is 0.0979. The molecule has 5 aliphatic rings. The van der Waals surface area contributed by atoms with E-state index in [9.17, 15) is 24.0 Å². The third-order valence-electron chi connectivity index (χ3n) is 14.1. The Balaban J connectivity index is 0.674. The van der Waals surface area contributed by atoms with E-state index in [1.807, 2.05) is 60.8 Å². The standard InChI is InChI=1S/C48H54N10O5/c1-30-4-3-20-56(30)29-42-51-38-12-11-35(26-39(38)52-42)50-45(60)33-9-7-32(8-10-33)34-27-49-57(28-34)36-18-22-54(23-19-36)21-15-31-16-24-55(25-17-31)40-6-2-5-37-44(40)48(63)58(47(37)62)41-13-14-43(59)53-46(41)61/h2,5-12,26-28,30-31,36,41H,3-4,13-25,29H2,1H3,(H,50,60)(H,51,52)(H,53,59,61)/t30-,41?/m0/s1. The molecule has 2 atom stereocenters. The Kier molecular flexibility index (Phi) is 11.1. The summed E-state index contributed by atoms with van der Waals surface area (Å²) in [6.45, 7) is 8.85. The number of imide groups is 2. The van der Waals surface area contributed by atoms with E-state index in [0.717, 1.165) is 122 Å². The summed E-state index contributed by atoms with van der Waals surface area (Å²) in [4.78, 5) is 81.0. The van der Waals surface area contributed by atoms with E-state index in [0.29, 0.717) is 34.7 Å². The quantitative estimate of drug-likeness (QED) is 0.134. The molecule has 4 saturated heterocycles. The molecular formula is C48H54N10O5. The lowest BCUT2D eigenvalue weighted by atomic mass is 9.92. The Labute approximate surface area is 366 Å². The Morgan fingerprint density at radius 3 is 2.43 bits per heavy atom. The number of piperidine rings is 3. The van der Waals surface area contributed by atoms with Crippen LogP contribution in [0, 0.1) is 5.92 Å². The van der Waals surface area contributed by atoms with Crippen molar-refractivity contribution in [3.05, 3.63) is 95.6 Å². The van der Waals surface area contributed by atoms with E-state index in [1.165, 1.54) is 12.8 Å². The van der Waals surface area contributed by atoms with Crippen molar-refractivity contribution in [3.8, 4) is 11.1 Å². The topological polar surface area (TPSA) is 169 Å². The molecule has 0 bridgehead atoms. The van der Waals surface area contributed by atoms with E-state index >= 15 is 0 Å². The van der Waals surface area contributed by atoms with Crippen LogP contribution in [0.5, 0.6) is 0 Å². The summed E-state index contributed by atoms with van der Waals surface area (Å²) in [5.74, 6) is -0.534. The van der Waals surface area contributed by atoms with Crippen LogP contribution in [0.25, 0.3) is 22.2 Å². The maximum absolute atomic E-state index is 13.6. The summed E-state index contributed by atoms with van der Waals surface area (Å²) in [6, 6.07) is 18.8. The summed E-state index contributed by atoms with van der Waals surface area (Å²) in [5.41, 5.74) is 6.62. The molecule has 0 aliphatic carbocycles. The van der Waals surface area contributed by atoms with Gasteiger partial charge in [0.15, 0.2) is 0 Å². The number of fused-ring (bicyclic) bond motifs is 2. The van der Waals surface area contributed by atoms with Gasteiger partial charge in [0.25, 0.3) is 17.7 Å². The van der Waals surface area contributed by atoms with Crippen LogP contribution in [0.3, 0.4) is 0 Å². The molecule has 0 radical (unpaired) electrons. The molecule has 0 spiro atoms. The molecule has 326 valence electrons. The minimum atomic E-state index is -0.971. The van der Waals surface area contributed by atoms with Crippen molar-refractivity contribution in [2.24, 2.45) is 5.92 Å². The average molecular weight is 851 g/mol. The number of benzene rings is 3. The van der Waals surface area contributed by atoms with Gasteiger partial charge in [-0.15, -0.1) is 0 Å². The molecule has 15 heteroatoms. The van der Waals surface area contributed by atoms with E-state index < -0.39 is 23.8 Å². The molecule has 0 saturated carbocycles. The fourth-order valence-electron chi connectivity index (χ4n) is 10.3.